The second kappa shape index (κ2) is 6.20. The van der Waals surface area contributed by atoms with Crippen molar-refractivity contribution >= 4 is 37.7 Å². The standard InChI is InChI=1S/C18H12BrFN5/c19-11-1-4-16-14(6-11)15(9-22-16)17-5-10(8-23-25-21)13-3-2-12(20)7-18(13)24-17/h1-7,9,21-22H,8H2/q+1. The van der Waals surface area contributed by atoms with Gasteiger partial charge in [-0.25, -0.2) is 9.37 Å². The molecule has 0 saturated carbocycles. The summed E-state index contributed by atoms with van der Waals surface area (Å²) >= 11 is 3.49. The summed E-state index contributed by atoms with van der Waals surface area (Å²) in [6.45, 7) is 0.243. The molecule has 2 aromatic carbocycles. The van der Waals surface area contributed by atoms with Gasteiger partial charge in [0.05, 0.1) is 11.2 Å². The second-order valence-electron chi connectivity index (χ2n) is 5.62. The molecule has 0 spiro atoms. The van der Waals surface area contributed by atoms with Crippen molar-refractivity contribution in [3.63, 3.8) is 0 Å². The molecule has 0 bridgehead atoms. The first-order valence-electron chi connectivity index (χ1n) is 7.55. The average molecular weight is 397 g/mol. The van der Waals surface area contributed by atoms with Crippen LogP contribution in [0.2, 0.25) is 0 Å². The van der Waals surface area contributed by atoms with Crippen molar-refractivity contribution < 1.29 is 4.39 Å². The first kappa shape index (κ1) is 15.6. The zero-order valence-corrected chi connectivity index (χ0v) is 14.5. The summed E-state index contributed by atoms with van der Waals surface area (Å²) in [5, 5.41) is 5.59. The summed E-state index contributed by atoms with van der Waals surface area (Å²) in [6, 6.07) is 12.4. The van der Waals surface area contributed by atoms with Gasteiger partial charge in [-0.3, -0.25) is 0 Å². The van der Waals surface area contributed by atoms with Gasteiger partial charge in [-0.15, -0.1) is 0 Å². The first-order chi connectivity index (χ1) is 12.2. The van der Waals surface area contributed by atoms with E-state index in [0.717, 1.165) is 37.6 Å². The third-order valence-corrected chi connectivity index (χ3v) is 4.58. The van der Waals surface area contributed by atoms with E-state index in [1.165, 1.54) is 12.1 Å². The van der Waals surface area contributed by atoms with Crippen molar-refractivity contribution in [3.05, 3.63) is 64.5 Å². The van der Waals surface area contributed by atoms with Gasteiger partial charge in [0, 0.05) is 38.6 Å². The summed E-state index contributed by atoms with van der Waals surface area (Å²) in [4.78, 5) is 10.9. The lowest BCUT2D eigenvalue weighted by atomic mass is 10.0. The maximum atomic E-state index is 13.7. The van der Waals surface area contributed by atoms with Crippen LogP contribution in [0.15, 0.2) is 58.2 Å². The van der Waals surface area contributed by atoms with Crippen LogP contribution in [0.25, 0.3) is 33.1 Å². The monoisotopic (exact) mass is 396 g/mol. The summed E-state index contributed by atoms with van der Waals surface area (Å²) in [5.74, 6) is -0.341. The number of benzene rings is 2. The Hall–Kier alpha value is -2.89. The van der Waals surface area contributed by atoms with Crippen molar-refractivity contribution in [2.24, 2.45) is 5.11 Å². The molecule has 25 heavy (non-hydrogen) atoms. The van der Waals surface area contributed by atoms with E-state index in [4.69, 9.17) is 5.53 Å². The largest absolute Gasteiger partial charge is 0.360 e. The normalized spacial score (nSPS) is 11.0. The number of aromatic amines is 1. The zero-order valence-electron chi connectivity index (χ0n) is 12.9. The molecule has 4 rings (SSSR count). The van der Waals surface area contributed by atoms with Crippen LogP contribution in [0.5, 0.6) is 0 Å². The molecule has 122 valence electrons. The van der Waals surface area contributed by atoms with Crippen LogP contribution in [0.3, 0.4) is 0 Å². The predicted molar refractivity (Wildman–Crippen MR) is 97.7 cm³/mol. The molecule has 7 heteroatoms. The SMILES string of the molecule is N=[N+]=NCc1cc(-c2c[nH]c3ccc(Br)cc23)nc2cc(F)ccc12. The Morgan fingerprint density at radius 2 is 2.04 bits per heavy atom. The van der Waals surface area contributed by atoms with Gasteiger partial charge in [0.2, 0.25) is 4.91 Å². The molecule has 0 saturated heterocycles. The lowest BCUT2D eigenvalue weighted by Crippen LogP contribution is -1.93. The molecule has 0 amide bonds. The van der Waals surface area contributed by atoms with Crippen LogP contribution in [0.1, 0.15) is 5.56 Å². The fourth-order valence-corrected chi connectivity index (χ4v) is 3.32. The van der Waals surface area contributed by atoms with Gasteiger partial charge in [-0.2, -0.15) is 0 Å². The van der Waals surface area contributed by atoms with Crippen LogP contribution < -0.4 is 4.91 Å². The minimum Gasteiger partial charge on any atom is -0.360 e. The lowest BCUT2D eigenvalue weighted by Gasteiger charge is -2.07. The predicted octanol–water partition coefficient (Wildman–Crippen LogP) is 5.34. The molecule has 0 aliphatic rings. The van der Waals surface area contributed by atoms with E-state index >= 15 is 0 Å². The fraction of sp³-hybridized carbons (Fsp3) is 0.0556. The molecule has 0 aliphatic heterocycles. The molecule has 2 N–H and O–H groups in total. The van der Waals surface area contributed by atoms with Crippen LogP contribution in [-0.2, 0) is 6.54 Å². The van der Waals surface area contributed by atoms with E-state index in [2.05, 4.69) is 35.9 Å². The van der Waals surface area contributed by atoms with Gasteiger partial charge in [-0.05, 0) is 42.0 Å². The quantitative estimate of drug-likeness (QED) is 0.355. The molecule has 0 fully saturated rings. The summed E-state index contributed by atoms with van der Waals surface area (Å²) < 4.78 is 14.6. The Bertz CT molecular complexity index is 1160. The number of hydrogen-bond acceptors (Lipinski definition) is 3. The van der Waals surface area contributed by atoms with Gasteiger partial charge in [0.15, 0.2) is 0 Å². The Morgan fingerprint density at radius 3 is 2.88 bits per heavy atom. The van der Waals surface area contributed by atoms with E-state index < -0.39 is 0 Å². The molecule has 0 atom stereocenters. The molecule has 5 nitrogen and oxygen atoms in total. The minimum absolute atomic E-state index is 0.243. The fourth-order valence-electron chi connectivity index (χ4n) is 2.96. The van der Waals surface area contributed by atoms with Gasteiger partial charge >= 0.3 is 0 Å². The number of aromatic nitrogens is 2. The number of H-pyrrole nitrogens is 1. The molecule has 0 radical (unpaired) electrons. The Labute approximate surface area is 150 Å². The molecular weight excluding hydrogens is 385 g/mol. The number of nitrogens with one attached hydrogen (secondary N) is 2. The van der Waals surface area contributed by atoms with Crippen molar-refractivity contribution in [1.29, 1.82) is 5.53 Å². The summed E-state index contributed by atoms with van der Waals surface area (Å²) in [6.07, 6.45) is 1.89. The lowest BCUT2D eigenvalue weighted by molar-refractivity contribution is 0.629. The van der Waals surface area contributed by atoms with Crippen molar-refractivity contribution in [2.45, 2.75) is 6.54 Å². The highest BCUT2D eigenvalue weighted by Crippen LogP contribution is 2.32. The third-order valence-electron chi connectivity index (χ3n) is 4.09. The maximum Gasteiger partial charge on any atom is 0.214 e. The highest BCUT2D eigenvalue weighted by Gasteiger charge is 2.13. The summed E-state index contributed by atoms with van der Waals surface area (Å²) in [7, 11) is 0. The first-order valence-corrected chi connectivity index (χ1v) is 8.34. The zero-order chi connectivity index (χ0) is 17.4. The van der Waals surface area contributed by atoms with Crippen molar-refractivity contribution in [3.8, 4) is 11.3 Å². The number of halogens is 2. The van der Waals surface area contributed by atoms with Crippen LogP contribution >= 0.6 is 15.9 Å². The number of nitrogens with zero attached hydrogens (tertiary/aromatic N) is 3. The Morgan fingerprint density at radius 1 is 1.16 bits per heavy atom. The highest BCUT2D eigenvalue weighted by molar-refractivity contribution is 9.10. The van der Waals surface area contributed by atoms with Crippen LogP contribution in [-0.4, -0.2) is 9.97 Å². The van der Waals surface area contributed by atoms with Gasteiger partial charge in [-0.1, -0.05) is 15.9 Å². The Balaban J connectivity index is 2.00. The topological polar surface area (TPSA) is 79.0 Å². The minimum atomic E-state index is -0.341. The Kier molecular flexibility index (Phi) is 3.87. The maximum absolute atomic E-state index is 13.7. The van der Waals surface area contributed by atoms with E-state index in [1.54, 1.807) is 6.07 Å². The molecule has 2 heterocycles. The van der Waals surface area contributed by atoms with E-state index in [9.17, 15) is 4.39 Å². The third kappa shape index (κ3) is 2.84. The number of fused-ring (bicyclic) bond motifs is 2. The molecule has 4 aromatic rings. The second-order valence-corrected chi connectivity index (χ2v) is 6.54. The van der Waals surface area contributed by atoms with Gasteiger partial charge in [0.25, 0.3) is 0 Å². The van der Waals surface area contributed by atoms with Crippen LogP contribution in [0, 0.1) is 11.3 Å². The molecule has 2 aromatic heterocycles. The van der Waals surface area contributed by atoms with Crippen molar-refractivity contribution in [2.75, 3.05) is 0 Å². The highest BCUT2D eigenvalue weighted by atomic mass is 79.9. The van der Waals surface area contributed by atoms with Gasteiger partial charge in [0.1, 0.15) is 23.0 Å². The molecule has 0 aliphatic carbocycles. The molecule has 0 unspecified atom stereocenters. The van der Waals surface area contributed by atoms with E-state index in [0.29, 0.717) is 5.52 Å². The van der Waals surface area contributed by atoms with E-state index in [-0.39, 0.29) is 12.4 Å². The molecular formula is C18H12BrFN5+. The number of hydrogen-bond donors (Lipinski definition) is 2. The number of pyridine rings is 1. The van der Waals surface area contributed by atoms with E-state index in [1.807, 2.05) is 30.5 Å². The summed E-state index contributed by atoms with van der Waals surface area (Å²) in [5.41, 5.74) is 10.9. The average Bonchev–Trinajstić information content (AvgIpc) is 3.02. The van der Waals surface area contributed by atoms with Crippen LogP contribution in [0.4, 0.5) is 4.39 Å². The van der Waals surface area contributed by atoms with Crippen molar-refractivity contribution in [1.82, 2.24) is 14.9 Å². The number of rotatable bonds is 3. The van der Waals surface area contributed by atoms with Gasteiger partial charge < -0.3 is 4.98 Å². The smallest absolute Gasteiger partial charge is 0.214 e.